The van der Waals surface area contributed by atoms with Gasteiger partial charge in [-0.25, -0.2) is 9.78 Å². The summed E-state index contributed by atoms with van der Waals surface area (Å²) < 4.78 is 1.12. The maximum Gasteiger partial charge on any atom is 0.338 e. The molecule has 4 rings (SSSR count). The number of benzene rings is 1. The van der Waals surface area contributed by atoms with Crippen LogP contribution in [0, 0.1) is 0 Å². The molecule has 0 aliphatic carbocycles. The Morgan fingerprint density at radius 1 is 1.15 bits per heavy atom. The second-order valence-corrected chi connectivity index (χ2v) is 7.60. The minimum Gasteiger partial charge on any atom is -0.369 e. The van der Waals surface area contributed by atoms with Gasteiger partial charge in [0.25, 0.3) is 5.56 Å². The third-order valence-electron chi connectivity index (χ3n) is 4.80. The number of fused-ring (bicyclic) bond motifs is 1. The molecule has 1 saturated heterocycles. The maximum atomic E-state index is 12.4. The second kappa shape index (κ2) is 7.50. The van der Waals surface area contributed by atoms with Gasteiger partial charge in [-0.1, -0.05) is 12.1 Å². The Balaban J connectivity index is 1.40. The summed E-state index contributed by atoms with van der Waals surface area (Å²) in [5, 5.41) is 3.28. The first-order valence-electron chi connectivity index (χ1n) is 8.89. The standard InChI is InChI=1S/C19H21N5O2S/c1-22-9-11-23(12-10-22)15-6-4-14(5-7-15)13-21-19(26)24-18(25)16-3-2-8-20-17(16)27-24/h2-8H,9-13H2,1H3,(H,21,26). The first-order valence-corrected chi connectivity index (χ1v) is 9.67. The van der Waals surface area contributed by atoms with Crippen molar-refractivity contribution in [3.63, 3.8) is 0 Å². The molecule has 1 N–H and O–H groups in total. The molecule has 0 unspecified atom stereocenters. The molecule has 1 amide bonds. The van der Waals surface area contributed by atoms with E-state index in [2.05, 4.69) is 39.3 Å². The highest BCUT2D eigenvalue weighted by atomic mass is 32.1. The number of piperazine rings is 1. The summed E-state index contributed by atoms with van der Waals surface area (Å²) in [6.07, 6.45) is 1.61. The van der Waals surface area contributed by atoms with E-state index in [4.69, 9.17) is 0 Å². The molecule has 0 radical (unpaired) electrons. The molecule has 1 fully saturated rings. The molecule has 7 nitrogen and oxygen atoms in total. The molecule has 0 spiro atoms. The van der Waals surface area contributed by atoms with Crippen LogP contribution in [0.5, 0.6) is 0 Å². The number of aromatic nitrogens is 2. The molecule has 1 aliphatic heterocycles. The van der Waals surface area contributed by atoms with E-state index in [1.165, 1.54) is 5.69 Å². The Morgan fingerprint density at radius 3 is 2.59 bits per heavy atom. The highest BCUT2D eigenvalue weighted by Gasteiger charge is 2.15. The molecule has 0 bridgehead atoms. The third-order valence-corrected chi connectivity index (χ3v) is 5.81. The van der Waals surface area contributed by atoms with Gasteiger partial charge in [0.05, 0.1) is 5.39 Å². The van der Waals surface area contributed by atoms with E-state index in [1.807, 2.05) is 12.1 Å². The lowest BCUT2D eigenvalue weighted by molar-refractivity contribution is 0.243. The van der Waals surface area contributed by atoms with Crippen molar-refractivity contribution in [1.82, 2.24) is 19.2 Å². The van der Waals surface area contributed by atoms with Crippen LogP contribution in [0.3, 0.4) is 0 Å². The molecular formula is C19H21N5O2S. The fourth-order valence-electron chi connectivity index (χ4n) is 3.14. The number of likely N-dealkylation sites (N-methyl/N-ethyl adjacent to an activating group) is 1. The SMILES string of the molecule is CN1CCN(c2ccc(CNC(=O)n3sc4ncccc4c3=O)cc2)CC1. The van der Waals surface area contributed by atoms with Crippen LogP contribution in [0.4, 0.5) is 10.5 Å². The first kappa shape index (κ1) is 17.7. The van der Waals surface area contributed by atoms with Gasteiger partial charge in [0.2, 0.25) is 0 Å². The van der Waals surface area contributed by atoms with Gasteiger partial charge in [0.1, 0.15) is 4.83 Å². The molecule has 8 heteroatoms. The van der Waals surface area contributed by atoms with Crippen molar-refractivity contribution in [1.29, 1.82) is 0 Å². The van der Waals surface area contributed by atoms with Crippen LogP contribution >= 0.6 is 11.5 Å². The first-order chi connectivity index (χ1) is 13.1. The lowest BCUT2D eigenvalue weighted by Gasteiger charge is -2.34. The summed E-state index contributed by atoms with van der Waals surface area (Å²) in [5.41, 5.74) is 1.87. The minimum absolute atomic E-state index is 0.328. The summed E-state index contributed by atoms with van der Waals surface area (Å²) in [6, 6.07) is 11.2. The average Bonchev–Trinajstić information content (AvgIpc) is 3.04. The van der Waals surface area contributed by atoms with E-state index < -0.39 is 6.03 Å². The van der Waals surface area contributed by atoms with Gasteiger partial charge >= 0.3 is 6.03 Å². The van der Waals surface area contributed by atoms with Crippen molar-refractivity contribution in [2.24, 2.45) is 0 Å². The van der Waals surface area contributed by atoms with Gasteiger partial charge in [-0.3, -0.25) is 4.79 Å². The third kappa shape index (κ3) is 3.72. The van der Waals surface area contributed by atoms with Gasteiger partial charge in [0.15, 0.2) is 0 Å². The van der Waals surface area contributed by atoms with Crippen LogP contribution < -0.4 is 15.8 Å². The molecule has 2 aromatic heterocycles. The van der Waals surface area contributed by atoms with Gasteiger partial charge in [-0.2, -0.15) is 3.96 Å². The fraction of sp³-hybridized carbons (Fsp3) is 0.316. The zero-order chi connectivity index (χ0) is 18.8. The molecule has 0 atom stereocenters. The van der Waals surface area contributed by atoms with Gasteiger partial charge < -0.3 is 15.1 Å². The molecule has 3 aromatic rings. The smallest absolute Gasteiger partial charge is 0.338 e. The van der Waals surface area contributed by atoms with Crippen LogP contribution in [-0.2, 0) is 6.54 Å². The Bertz CT molecular complexity index is 1000. The van der Waals surface area contributed by atoms with E-state index in [9.17, 15) is 9.59 Å². The van der Waals surface area contributed by atoms with E-state index in [-0.39, 0.29) is 5.56 Å². The number of nitrogens with one attached hydrogen (secondary N) is 1. The highest BCUT2D eigenvalue weighted by molar-refractivity contribution is 7.14. The summed E-state index contributed by atoms with van der Waals surface area (Å²) in [6.45, 7) is 4.55. The number of carbonyl (C=O) groups excluding carboxylic acids is 1. The lowest BCUT2D eigenvalue weighted by Crippen LogP contribution is -2.44. The van der Waals surface area contributed by atoms with Gasteiger partial charge in [-0.15, -0.1) is 0 Å². The number of amides is 1. The van der Waals surface area contributed by atoms with Crippen molar-refractivity contribution < 1.29 is 4.79 Å². The van der Waals surface area contributed by atoms with Crippen LogP contribution in [0.25, 0.3) is 10.2 Å². The van der Waals surface area contributed by atoms with Crippen molar-refractivity contribution in [3.8, 4) is 0 Å². The number of hydrogen-bond acceptors (Lipinski definition) is 6. The molecule has 1 aliphatic rings. The predicted octanol–water partition coefficient (Wildman–Crippen LogP) is 1.97. The molecule has 27 heavy (non-hydrogen) atoms. The molecule has 1 aromatic carbocycles. The topological polar surface area (TPSA) is 70.5 Å². The zero-order valence-electron chi connectivity index (χ0n) is 15.1. The van der Waals surface area contributed by atoms with E-state index in [0.717, 1.165) is 47.2 Å². The number of carbonyl (C=O) groups is 1. The van der Waals surface area contributed by atoms with Crippen molar-refractivity contribution in [2.75, 3.05) is 38.1 Å². The molecule has 0 saturated carbocycles. The Labute approximate surface area is 161 Å². The Kier molecular flexibility index (Phi) is 4.91. The molecule has 140 valence electrons. The predicted molar refractivity (Wildman–Crippen MR) is 108 cm³/mol. The van der Waals surface area contributed by atoms with Crippen LogP contribution in [0.15, 0.2) is 47.4 Å². The number of hydrogen-bond donors (Lipinski definition) is 1. The molecular weight excluding hydrogens is 362 g/mol. The Morgan fingerprint density at radius 2 is 1.89 bits per heavy atom. The fourth-order valence-corrected chi connectivity index (χ4v) is 4.00. The largest absolute Gasteiger partial charge is 0.369 e. The normalized spacial score (nSPS) is 15.2. The minimum atomic E-state index is -0.425. The van der Waals surface area contributed by atoms with Crippen LogP contribution in [0.1, 0.15) is 5.56 Å². The van der Waals surface area contributed by atoms with Crippen LogP contribution in [-0.4, -0.2) is 53.1 Å². The maximum absolute atomic E-state index is 12.4. The van der Waals surface area contributed by atoms with Crippen molar-refractivity contribution >= 4 is 33.5 Å². The Hall–Kier alpha value is -2.71. The van der Waals surface area contributed by atoms with E-state index in [0.29, 0.717) is 16.8 Å². The summed E-state index contributed by atoms with van der Waals surface area (Å²) in [7, 11) is 2.14. The quantitative estimate of drug-likeness (QED) is 0.749. The van der Waals surface area contributed by atoms with Crippen LogP contribution in [0.2, 0.25) is 0 Å². The number of nitrogens with zero attached hydrogens (tertiary/aromatic N) is 4. The molecule has 3 heterocycles. The van der Waals surface area contributed by atoms with E-state index >= 15 is 0 Å². The number of anilines is 1. The summed E-state index contributed by atoms with van der Waals surface area (Å²) in [4.78, 5) is 34.1. The zero-order valence-corrected chi connectivity index (χ0v) is 15.9. The van der Waals surface area contributed by atoms with Crippen molar-refractivity contribution in [2.45, 2.75) is 6.54 Å². The summed E-state index contributed by atoms with van der Waals surface area (Å²) >= 11 is 1.06. The average molecular weight is 383 g/mol. The van der Waals surface area contributed by atoms with Gasteiger partial charge in [-0.05, 0) is 48.4 Å². The number of pyridine rings is 1. The highest BCUT2D eigenvalue weighted by Crippen LogP contribution is 2.17. The second-order valence-electron chi connectivity index (χ2n) is 6.66. The number of rotatable bonds is 3. The monoisotopic (exact) mass is 383 g/mol. The van der Waals surface area contributed by atoms with E-state index in [1.54, 1.807) is 18.3 Å². The lowest BCUT2D eigenvalue weighted by atomic mass is 10.2. The van der Waals surface area contributed by atoms with Crippen molar-refractivity contribution in [3.05, 3.63) is 58.5 Å². The van der Waals surface area contributed by atoms with Gasteiger partial charge in [0, 0.05) is 44.6 Å². The summed E-state index contributed by atoms with van der Waals surface area (Å²) in [5.74, 6) is 0.